The van der Waals surface area contributed by atoms with Gasteiger partial charge in [0.15, 0.2) is 0 Å². The third-order valence-electron chi connectivity index (χ3n) is 6.05. The van der Waals surface area contributed by atoms with Crippen LogP contribution in [-0.4, -0.2) is 68.4 Å². The Morgan fingerprint density at radius 1 is 1.30 bits per heavy atom. The first-order chi connectivity index (χ1) is 13.0. The van der Waals surface area contributed by atoms with Crippen LogP contribution in [0.4, 0.5) is 4.79 Å². The third kappa shape index (κ3) is 4.74. The second-order valence-corrected chi connectivity index (χ2v) is 7.83. The van der Waals surface area contributed by atoms with Crippen LogP contribution in [0.15, 0.2) is 24.3 Å². The summed E-state index contributed by atoms with van der Waals surface area (Å²) in [6.45, 7) is 6.43. The highest BCUT2D eigenvalue weighted by atomic mass is 16.5. The van der Waals surface area contributed by atoms with E-state index in [9.17, 15) is 4.79 Å². The molecule has 0 bridgehead atoms. The van der Waals surface area contributed by atoms with E-state index < -0.39 is 0 Å². The van der Waals surface area contributed by atoms with Gasteiger partial charge in [0.25, 0.3) is 0 Å². The zero-order chi connectivity index (χ0) is 19.3. The summed E-state index contributed by atoms with van der Waals surface area (Å²) in [6, 6.07) is 7.81. The van der Waals surface area contributed by atoms with E-state index in [0.29, 0.717) is 0 Å². The van der Waals surface area contributed by atoms with Crippen LogP contribution < -0.4 is 10.1 Å². The molecule has 27 heavy (non-hydrogen) atoms. The van der Waals surface area contributed by atoms with Crippen molar-refractivity contribution in [3.63, 3.8) is 0 Å². The second-order valence-electron chi connectivity index (χ2n) is 7.83. The van der Waals surface area contributed by atoms with Gasteiger partial charge in [-0.3, -0.25) is 4.90 Å². The summed E-state index contributed by atoms with van der Waals surface area (Å²) >= 11 is 0. The largest absolute Gasteiger partial charge is 0.496 e. The Labute approximate surface area is 162 Å². The predicted molar refractivity (Wildman–Crippen MR) is 106 cm³/mol. The Morgan fingerprint density at radius 2 is 1.96 bits per heavy atom. The molecular weight excluding hydrogens is 342 g/mol. The number of hydrogen-bond donors (Lipinski definition) is 1. The molecule has 0 radical (unpaired) electrons. The van der Waals surface area contributed by atoms with Gasteiger partial charge in [-0.05, 0) is 25.8 Å². The molecule has 6 nitrogen and oxygen atoms in total. The number of morpholine rings is 1. The van der Waals surface area contributed by atoms with Crippen LogP contribution in [0.2, 0.25) is 0 Å². The summed E-state index contributed by atoms with van der Waals surface area (Å²) < 4.78 is 10.9. The Balaban J connectivity index is 1.67. The molecule has 1 aromatic rings. The van der Waals surface area contributed by atoms with E-state index >= 15 is 0 Å². The molecule has 1 aromatic carbocycles. The first-order valence-electron chi connectivity index (χ1n) is 10.0. The number of para-hydroxylation sites is 1. The van der Waals surface area contributed by atoms with Gasteiger partial charge in [0.2, 0.25) is 0 Å². The van der Waals surface area contributed by atoms with E-state index in [4.69, 9.17) is 9.47 Å². The summed E-state index contributed by atoms with van der Waals surface area (Å²) in [5.41, 5.74) is 0.898. The number of carbonyl (C=O) groups is 1. The normalized spacial score (nSPS) is 20.9. The van der Waals surface area contributed by atoms with Crippen molar-refractivity contribution in [1.29, 1.82) is 0 Å². The van der Waals surface area contributed by atoms with Gasteiger partial charge in [-0.25, -0.2) is 4.79 Å². The van der Waals surface area contributed by atoms with Crippen LogP contribution in [0.5, 0.6) is 5.75 Å². The Bertz CT molecular complexity index is 625. The molecule has 0 aromatic heterocycles. The quantitative estimate of drug-likeness (QED) is 0.830. The molecule has 1 N–H and O–H groups in total. The fourth-order valence-corrected chi connectivity index (χ4v) is 4.27. The van der Waals surface area contributed by atoms with Gasteiger partial charge >= 0.3 is 6.03 Å². The number of methoxy groups -OCH3 is 1. The van der Waals surface area contributed by atoms with Gasteiger partial charge in [-0.15, -0.1) is 0 Å². The van der Waals surface area contributed by atoms with Crippen molar-refractivity contribution in [3.8, 4) is 5.75 Å². The molecule has 1 heterocycles. The standard InChI is InChI=1S/C21H33N3O3/c1-17(18-8-4-5-9-19(18)26-3)23(2)20(25)22-21(10-6-7-11-21)16-24-12-14-27-15-13-24/h4-5,8-9,17H,6-7,10-16H2,1-3H3,(H,22,25)/t17-/m0/s1. The van der Waals surface area contributed by atoms with E-state index in [0.717, 1.165) is 57.0 Å². The van der Waals surface area contributed by atoms with Crippen LogP contribution in [0.25, 0.3) is 0 Å². The molecule has 0 spiro atoms. The molecule has 1 atom stereocenters. The maximum Gasteiger partial charge on any atom is 0.318 e. The zero-order valence-electron chi connectivity index (χ0n) is 16.9. The number of benzene rings is 1. The van der Waals surface area contributed by atoms with E-state index in [1.54, 1.807) is 12.0 Å². The lowest BCUT2D eigenvalue weighted by Gasteiger charge is -2.39. The molecule has 1 aliphatic carbocycles. The molecule has 2 aliphatic rings. The maximum atomic E-state index is 13.1. The predicted octanol–water partition coefficient (Wildman–Crippen LogP) is 3.04. The average Bonchev–Trinajstić information content (AvgIpc) is 3.15. The van der Waals surface area contributed by atoms with Crippen molar-refractivity contribution in [2.24, 2.45) is 0 Å². The van der Waals surface area contributed by atoms with Crippen molar-refractivity contribution in [2.45, 2.75) is 44.2 Å². The molecule has 2 fully saturated rings. The molecule has 1 saturated heterocycles. The second kappa shape index (κ2) is 8.93. The van der Waals surface area contributed by atoms with Gasteiger partial charge in [-0.2, -0.15) is 0 Å². The molecule has 3 rings (SSSR count). The number of ether oxygens (including phenoxy) is 2. The number of nitrogens with one attached hydrogen (secondary N) is 1. The summed E-state index contributed by atoms with van der Waals surface area (Å²) in [7, 11) is 3.53. The van der Waals surface area contributed by atoms with Crippen LogP contribution >= 0.6 is 0 Å². The van der Waals surface area contributed by atoms with Gasteiger partial charge in [0.1, 0.15) is 5.75 Å². The number of carbonyl (C=O) groups excluding carboxylic acids is 1. The number of rotatable bonds is 6. The Morgan fingerprint density at radius 3 is 2.63 bits per heavy atom. The summed E-state index contributed by atoms with van der Waals surface area (Å²) in [4.78, 5) is 17.3. The van der Waals surface area contributed by atoms with Crippen molar-refractivity contribution in [2.75, 3.05) is 47.0 Å². The van der Waals surface area contributed by atoms with Gasteiger partial charge in [0, 0.05) is 32.2 Å². The lowest BCUT2D eigenvalue weighted by Crippen LogP contribution is -2.58. The monoisotopic (exact) mass is 375 g/mol. The molecule has 1 aliphatic heterocycles. The van der Waals surface area contributed by atoms with Crippen LogP contribution in [0.1, 0.15) is 44.2 Å². The Hall–Kier alpha value is -1.79. The summed E-state index contributed by atoms with van der Waals surface area (Å²) in [5, 5.41) is 3.39. The van der Waals surface area contributed by atoms with E-state index in [1.807, 2.05) is 38.2 Å². The molecule has 1 saturated carbocycles. The molecule has 150 valence electrons. The topological polar surface area (TPSA) is 54.0 Å². The van der Waals surface area contributed by atoms with Crippen molar-refractivity contribution >= 4 is 6.03 Å². The lowest BCUT2D eigenvalue weighted by atomic mass is 9.96. The highest BCUT2D eigenvalue weighted by molar-refractivity contribution is 5.75. The van der Waals surface area contributed by atoms with Crippen molar-refractivity contribution in [3.05, 3.63) is 29.8 Å². The first-order valence-corrected chi connectivity index (χ1v) is 10.0. The zero-order valence-corrected chi connectivity index (χ0v) is 16.9. The molecule has 0 unspecified atom stereocenters. The average molecular weight is 376 g/mol. The number of amides is 2. The van der Waals surface area contributed by atoms with Gasteiger partial charge in [0.05, 0.1) is 31.9 Å². The van der Waals surface area contributed by atoms with Crippen LogP contribution in [-0.2, 0) is 4.74 Å². The minimum absolute atomic E-state index is 0.0106. The molecule has 2 amide bonds. The minimum atomic E-state index is -0.122. The number of urea groups is 1. The van der Waals surface area contributed by atoms with Gasteiger partial charge < -0.3 is 19.7 Å². The fraction of sp³-hybridized carbons (Fsp3) is 0.667. The maximum absolute atomic E-state index is 13.1. The fourth-order valence-electron chi connectivity index (χ4n) is 4.27. The SMILES string of the molecule is COc1ccccc1[C@H](C)N(C)C(=O)NC1(CN2CCOCC2)CCCC1. The highest BCUT2D eigenvalue weighted by Gasteiger charge is 2.38. The number of nitrogens with zero attached hydrogens (tertiary/aromatic N) is 2. The first kappa shape index (κ1) is 20.0. The highest BCUT2D eigenvalue weighted by Crippen LogP contribution is 2.32. The molecular formula is C21H33N3O3. The summed E-state index contributed by atoms with van der Waals surface area (Å²) in [6.07, 6.45) is 4.45. The number of hydrogen-bond acceptors (Lipinski definition) is 4. The van der Waals surface area contributed by atoms with Crippen LogP contribution in [0, 0.1) is 0 Å². The van der Waals surface area contributed by atoms with E-state index in [2.05, 4.69) is 10.2 Å². The minimum Gasteiger partial charge on any atom is -0.496 e. The summed E-state index contributed by atoms with van der Waals surface area (Å²) in [5.74, 6) is 0.813. The third-order valence-corrected chi connectivity index (χ3v) is 6.05. The van der Waals surface area contributed by atoms with E-state index in [-0.39, 0.29) is 17.6 Å². The molecule has 6 heteroatoms. The smallest absolute Gasteiger partial charge is 0.318 e. The Kier molecular flexibility index (Phi) is 6.60. The van der Waals surface area contributed by atoms with Crippen molar-refractivity contribution in [1.82, 2.24) is 15.1 Å². The van der Waals surface area contributed by atoms with Gasteiger partial charge in [-0.1, -0.05) is 31.0 Å². The van der Waals surface area contributed by atoms with E-state index in [1.165, 1.54) is 12.8 Å². The lowest BCUT2D eigenvalue weighted by molar-refractivity contribution is 0.0245. The van der Waals surface area contributed by atoms with Crippen LogP contribution in [0.3, 0.4) is 0 Å². The van der Waals surface area contributed by atoms with Crippen molar-refractivity contribution < 1.29 is 14.3 Å².